The molecule has 0 aliphatic carbocycles. The molecule has 0 heterocycles. The fraction of sp³-hybridized carbons (Fsp3) is 0. The second-order valence-corrected chi connectivity index (χ2v) is 0. The van der Waals surface area contributed by atoms with E-state index >= 15 is 0 Å². The summed E-state index contributed by atoms with van der Waals surface area (Å²) in [6, 6.07) is 0. The van der Waals surface area contributed by atoms with Crippen molar-refractivity contribution < 1.29 is 51.7 Å². The van der Waals surface area contributed by atoms with Crippen molar-refractivity contribution in [3.63, 3.8) is 0 Å². The maximum Gasteiger partial charge on any atom is 3.00 e. The topological polar surface area (TPSA) is 0 Å². The molecule has 0 bridgehead atoms. The maximum absolute atomic E-state index is 0. The Morgan fingerprint density at radius 1 is 0.400 bits per heavy atom. The van der Waals surface area contributed by atoms with Crippen LogP contribution in [0.25, 0.3) is 0 Å². The van der Waals surface area contributed by atoms with Gasteiger partial charge >= 0.3 is 51.7 Å². The fourth-order valence-corrected chi connectivity index (χ4v) is 0. The van der Waals surface area contributed by atoms with E-state index in [0.29, 0.717) is 0 Å². The van der Waals surface area contributed by atoms with Gasteiger partial charge < -0.3 is 40.5 Å². The minimum atomic E-state index is 0. The third-order valence-electron chi connectivity index (χ3n) is 0. The van der Waals surface area contributed by atoms with E-state index in [-0.39, 0.29) is 92.2 Å². The molecule has 5 heavy (non-hydrogen) atoms. The zero-order chi connectivity index (χ0) is 0. The summed E-state index contributed by atoms with van der Waals surface area (Å²) in [6.45, 7) is 0. The average Bonchev–Trinajstić information content (AvgIpc) is 0. The molecule has 0 aliphatic heterocycles. The molecule has 5 heteroatoms. The maximum atomic E-state index is 0. The zero-order valence-corrected chi connectivity index (χ0v) is 8.44. The van der Waals surface area contributed by atoms with Crippen molar-refractivity contribution in [2.75, 3.05) is 0 Å². The summed E-state index contributed by atoms with van der Waals surface area (Å²) >= 11 is 0. The van der Waals surface area contributed by atoms with Gasteiger partial charge in [0, 0.05) is 0 Å². The Hall–Kier alpha value is 2.79. The van der Waals surface area contributed by atoms with Crippen LogP contribution >= 0.6 is 0 Å². The second kappa shape index (κ2) is 29.2. The molecule has 0 saturated heterocycles. The Bertz CT molecular complexity index is 4.85. The smallest absolute Gasteiger partial charge is 2.00 e. The predicted molar refractivity (Wildman–Crippen MR) is 22.1 cm³/mol. The third-order valence-corrected chi connectivity index (χ3v) is 0. The van der Waals surface area contributed by atoms with Gasteiger partial charge in [-0.15, -0.1) is 0 Å². The summed E-state index contributed by atoms with van der Waals surface area (Å²) in [5.41, 5.74) is 0. The monoisotopic (exact) mass is 186 g/mol. The summed E-state index contributed by atoms with van der Waals surface area (Å²) in [4.78, 5) is 0. The van der Waals surface area contributed by atoms with Crippen molar-refractivity contribution >= 4 is 40.5 Å². The van der Waals surface area contributed by atoms with Gasteiger partial charge in [0.25, 0.3) is 0 Å². The van der Waals surface area contributed by atoms with E-state index in [1.807, 2.05) is 0 Å². The minimum Gasteiger partial charge on any atom is -2.00 e. The van der Waals surface area contributed by atoms with Crippen molar-refractivity contribution in [2.45, 2.75) is 0 Å². The van der Waals surface area contributed by atoms with Crippen LogP contribution in [0, 0.1) is 0 Å². The Balaban J connectivity index is 0. The molecule has 24 valence electrons. The van der Waals surface area contributed by atoms with Crippen LogP contribution < -0.4 is 0 Å². The van der Waals surface area contributed by atoms with E-state index < -0.39 is 0 Å². The molecular formula is S3Sc2. The van der Waals surface area contributed by atoms with Gasteiger partial charge in [0.2, 0.25) is 0 Å². The summed E-state index contributed by atoms with van der Waals surface area (Å²) in [5, 5.41) is 0. The first-order chi connectivity index (χ1) is 0. The Kier molecular flexibility index (Phi) is 270. The SMILES string of the molecule is [S-2].[S-2].[S-2].[Sc+3].[Sc+3]. The summed E-state index contributed by atoms with van der Waals surface area (Å²) < 4.78 is 0. The van der Waals surface area contributed by atoms with Gasteiger partial charge in [0.1, 0.15) is 0 Å². The van der Waals surface area contributed by atoms with Gasteiger partial charge in [0.15, 0.2) is 0 Å². The van der Waals surface area contributed by atoms with Crippen LogP contribution in [0.15, 0.2) is 0 Å². The van der Waals surface area contributed by atoms with Gasteiger partial charge in [-0.1, -0.05) is 0 Å². The van der Waals surface area contributed by atoms with Crippen LogP contribution in [0.2, 0.25) is 0 Å². The number of rotatable bonds is 0. The first-order valence-electron chi connectivity index (χ1n) is 0. The van der Waals surface area contributed by atoms with Crippen molar-refractivity contribution in [1.29, 1.82) is 0 Å². The zero-order valence-electron chi connectivity index (χ0n) is 2.38. The summed E-state index contributed by atoms with van der Waals surface area (Å²) in [6.07, 6.45) is 0. The second-order valence-electron chi connectivity index (χ2n) is 0. The van der Waals surface area contributed by atoms with E-state index in [1.165, 1.54) is 0 Å². The first-order valence-corrected chi connectivity index (χ1v) is 0. The molecule has 0 unspecified atom stereocenters. The molecule has 0 spiro atoms. The Labute approximate surface area is 90.8 Å². The van der Waals surface area contributed by atoms with Crippen molar-refractivity contribution in [1.82, 2.24) is 0 Å². The molecule has 0 nitrogen and oxygen atoms in total. The predicted octanol–water partition coefficient (Wildman–Crippen LogP) is -0.0122. The third kappa shape index (κ3) is 20.0. The van der Waals surface area contributed by atoms with Crippen LogP contribution in [0.1, 0.15) is 0 Å². The van der Waals surface area contributed by atoms with E-state index in [4.69, 9.17) is 0 Å². The molecule has 0 fully saturated rings. The number of hydrogen-bond donors (Lipinski definition) is 0. The van der Waals surface area contributed by atoms with Crippen molar-refractivity contribution in [3.8, 4) is 0 Å². The van der Waals surface area contributed by atoms with E-state index in [2.05, 4.69) is 0 Å². The van der Waals surface area contributed by atoms with Crippen molar-refractivity contribution in [2.24, 2.45) is 0 Å². The minimum absolute atomic E-state index is 0. The molecule has 0 saturated carbocycles. The summed E-state index contributed by atoms with van der Waals surface area (Å²) in [5.74, 6) is 0. The van der Waals surface area contributed by atoms with Gasteiger partial charge in [-0.2, -0.15) is 0 Å². The Morgan fingerprint density at radius 2 is 0.400 bits per heavy atom. The quantitative estimate of drug-likeness (QED) is 0.499. The standard InChI is InChI=1S/3S.2Sc/q3*-2;2*+3. The van der Waals surface area contributed by atoms with Crippen LogP contribution in [0.5, 0.6) is 0 Å². The van der Waals surface area contributed by atoms with Crippen LogP contribution in [-0.4, -0.2) is 0 Å². The Morgan fingerprint density at radius 3 is 0.400 bits per heavy atom. The number of hydrogen-bond acceptors (Lipinski definition) is 0. The van der Waals surface area contributed by atoms with E-state index in [0.717, 1.165) is 0 Å². The fourth-order valence-electron chi connectivity index (χ4n) is 0. The summed E-state index contributed by atoms with van der Waals surface area (Å²) in [7, 11) is 0. The largest absolute Gasteiger partial charge is 3.00 e. The molecule has 0 rings (SSSR count). The molecule has 0 N–H and O–H groups in total. The molecule has 0 amide bonds. The molecule has 0 atom stereocenters. The molecule has 0 aromatic heterocycles. The van der Waals surface area contributed by atoms with Crippen LogP contribution in [-0.2, 0) is 92.2 Å². The van der Waals surface area contributed by atoms with Crippen LogP contribution in [0.4, 0.5) is 0 Å². The molecule has 0 radical (unpaired) electrons. The van der Waals surface area contributed by atoms with E-state index in [9.17, 15) is 0 Å². The van der Waals surface area contributed by atoms with Gasteiger partial charge in [0.05, 0.1) is 0 Å². The normalized spacial score (nSPS) is 0. The van der Waals surface area contributed by atoms with Gasteiger partial charge in [-0.3, -0.25) is 0 Å². The average molecular weight is 186 g/mol. The molecule has 0 aromatic rings. The first kappa shape index (κ1) is 46.1. The van der Waals surface area contributed by atoms with Gasteiger partial charge in [-0.05, 0) is 0 Å². The van der Waals surface area contributed by atoms with Crippen LogP contribution in [0.3, 0.4) is 0 Å². The van der Waals surface area contributed by atoms with E-state index in [1.54, 1.807) is 0 Å². The molecule has 0 aliphatic rings. The molecule has 0 aromatic carbocycles. The van der Waals surface area contributed by atoms with Crippen molar-refractivity contribution in [3.05, 3.63) is 0 Å². The van der Waals surface area contributed by atoms with Gasteiger partial charge in [-0.25, -0.2) is 0 Å². The molecular weight excluding hydrogens is 186 g/mol.